The standard InChI is InChI=1S/C21H17NS/c1-16-14-15-21(23-16)22(18-10-3-2-4-11-18)20-13-7-9-17-8-5-6-12-19(17)20/h2-15H,1H3. The fourth-order valence-electron chi connectivity index (χ4n) is 2.91. The highest BCUT2D eigenvalue weighted by Gasteiger charge is 2.15. The molecule has 1 heterocycles. The second-order valence-electron chi connectivity index (χ2n) is 5.55. The molecule has 0 aliphatic heterocycles. The van der Waals surface area contributed by atoms with Crippen LogP contribution in [-0.4, -0.2) is 0 Å². The van der Waals surface area contributed by atoms with E-state index in [0.29, 0.717) is 0 Å². The van der Waals surface area contributed by atoms with E-state index < -0.39 is 0 Å². The summed E-state index contributed by atoms with van der Waals surface area (Å²) >= 11 is 1.82. The molecule has 0 radical (unpaired) electrons. The molecule has 0 atom stereocenters. The first kappa shape index (κ1) is 14.0. The molecule has 1 aromatic heterocycles. The minimum Gasteiger partial charge on any atom is -0.301 e. The number of hydrogen-bond donors (Lipinski definition) is 0. The van der Waals surface area contributed by atoms with Crippen LogP contribution in [0.25, 0.3) is 10.8 Å². The van der Waals surface area contributed by atoms with Crippen molar-refractivity contribution in [1.82, 2.24) is 0 Å². The van der Waals surface area contributed by atoms with Gasteiger partial charge in [0, 0.05) is 16.0 Å². The minimum absolute atomic E-state index is 1.19. The quantitative estimate of drug-likeness (QED) is 0.407. The summed E-state index contributed by atoms with van der Waals surface area (Å²) in [6.07, 6.45) is 0. The molecule has 0 amide bonds. The van der Waals surface area contributed by atoms with Gasteiger partial charge in [-0.15, -0.1) is 11.3 Å². The molecule has 1 nitrogen and oxygen atoms in total. The lowest BCUT2D eigenvalue weighted by Gasteiger charge is -2.25. The lowest BCUT2D eigenvalue weighted by atomic mass is 10.1. The molecule has 112 valence electrons. The molecule has 3 aromatic carbocycles. The van der Waals surface area contributed by atoms with Crippen molar-refractivity contribution >= 4 is 38.5 Å². The van der Waals surface area contributed by atoms with E-state index in [0.717, 1.165) is 0 Å². The van der Waals surface area contributed by atoms with E-state index in [2.05, 4.69) is 96.8 Å². The summed E-state index contributed by atoms with van der Waals surface area (Å²) in [7, 11) is 0. The molecule has 2 heteroatoms. The van der Waals surface area contributed by atoms with Crippen molar-refractivity contribution in [2.45, 2.75) is 6.92 Å². The van der Waals surface area contributed by atoms with E-state index in [1.165, 1.54) is 32.0 Å². The zero-order valence-corrected chi connectivity index (χ0v) is 13.8. The maximum Gasteiger partial charge on any atom is 0.100 e. The van der Waals surface area contributed by atoms with Crippen LogP contribution in [0.2, 0.25) is 0 Å². The predicted molar refractivity (Wildman–Crippen MR) is 101 cm³/mol. The number of para-hydroxylation sites is 1. The van der Waals surface area contributed by atoms with Crippen molar-refractivity contribution in [2.24, 2.45) is 0 Å². The van der Waals surface area contributed by atoms with Gasteiger partial charge in [-0.2, -0.15) is 0 Å². The Morgan fingerprint density at radius 2 is 1.43 bits per heavy atom. The van der Waals surface area contributed by atoms with Crippen LogP contribution in [0, 0.1) is 6.92 Å². The Morgan fingerprint density at radius 1 is 0.696 bits per heavy atom. The molecular weight excluding hydrogens is 298 g/mol. The molecule has 0 saturated heterocycles. The normalized spacial score (nSPS) is 10.8. The molecule has 0 saturated carbocycles. The van der Waals surface area contributed by atoms with Gasteiger partial charge in [0.25, 0.3) is 0 Å². The van der Waals surface area contributed by atoms with E-state index in [1.807, 2.05) is 11.3 Å². The zero-order valence-electron chi connectivity index (χ0n) is 12.9. The summed E-state index contributed by atoms with van der Waals surface area (Å²) in [5.74, 6) is 0. The highest BCUT2D eigenvalue weighted by Crippen LogP contribution is 2.41. The highest BCUT2D eigenvalue weighted by atomic mass is 32.1. The van der Waals surface area contributed by atoms with Gasteiger partial charge in [0.2, 0.25) is 0 Å². The van der Waals surface area contributed by atoms with Gasteiger partial charge >= 0.3 is 0 Å². The first-order valence-electron chi connectivity index (χ1n) is 7.72. The Labute approximate surface area is 140 Å². The third-order valence-corrected chi connectivity index (χ3v) is 4.95. The molecule has 0 fully saturated rings. The molecule has 0 aliphatic carbocycles. The number of aryl methyl sites for hydroxylation is 1. The Hall–Kier alpha value is -2.58. The number of rotatable bonds is 3. The summed E-state index contributed by atoms with van der Waals surface area (Å²) in [4.78, 5) is 3.67. The number of benzene rings is 3. The molecule has 0 aliphatic rings. The number of anilines is 3. The van der Waals surface area contributed by atoms with Crippen molar-refractivity contribution < 1.29 is 0 Å². The monoisotopic (exact) mass is 315 g/mol. The van der Waals surface area contributed by atoms with Gasteiger partial charge in [-0.3, -0.25) is 0 Å². The van der Waals surface area contributed by atoms with E-state index in [1.54, 1.807) is 0 Å². The molecular formula is C21H17NS. The average molecular weight is 315 g/mol. The number of fused-ring (bicyclic) bond motifs is 1. The zero-order chi connectivity index (χ0) is 15.6. The molecule has 0 N–H and O–H groups in total. The smallest absolute Gasteiger partial charge is 0.100 e. The van der Waals surface area contributed by atoms with Crippen molar-refractivity contribution in [2.75, 3.05) is 4.90 Å². The number of thiophene rings is 1. The summed E-state index contributed by atoms with van der Waals surface area (Å²) in [5.41, 5.74) is 2.40. The van der Waals surface area contributed by atoms with E-state index in [9.17, 15) is 0 Å². The third-order valence-electron chi connectivity index (χ3n) is 3.97. The van der Waals surface area contributed by atoms with E-state index >= 15 is 0 Å². The summed E-state index contributed by atoms with van der Waals surface area (Å²) < 4.78 is 0. The van der Waals surface area contributed by atoms with Gasteiger partial charge in [0.05, 0.1) is 5.69 Å². The fourth-order valence-corrected chi connectivity index (χ4v) is 3.80. The highest BCUT2D eigenvalue weighted by molar-refractivity contribution is 7.16. The number of nitrogens with zero attached hydrogens (tertiary/aromatic N) is 1. The first-order valence-corrected chi connectivity index (χ1v) is 8.54. The van der Waals surface area contributed by atoms with Crippen molar-refractivity contribution in [3.05, 3.63) is 89.8 Å². The maximum absolute atomic E-state index is 2.35. The first-order chi connectivity index (χ1) is 11.3. The van der Waals surface area contributed by atoms with Crippen LogP contribution >= 0.6 is 11.3 Å². The molecule has 4 aromatic rings. The van der Waals surface area contributed by atoms with Crippen molar-refractivity contribution in [3.63, 3.8) is 0 Å². The number of hydrogen-bond acceptors (Lipinski definition) is 2. The Kier molecular flexibility index (Phi) is 3.60. The van der Waals surface area contributed by atoms with Crippen LogP contribution in [0.4, 0.5) is 16.4 Å². The van der Waals surface area contributed by atoms with Gasteiger partial charge in [-0.1, -0.05) is 54.6 Å². The predicted octanol–water partition coefficient (Wildman–Crippen LogP) is 6.68. The van der Waals surface area contributed by atoms with E-state index in [-0.39, 0.29) is 0 Å². The molecule has 0 bridgehead atoms. The summed E-state index contributed by atoms with van der Waals surface area (Å²) in [5, 5.41) is 3.77. The van der Waals surface area contributed by atoms with Crippen LogP contribution in [-0.2, 0) is 0 Å². The van der Waals surface area contributed by atoms with Gasteiger partial charge < -0.3 is 4.90 Å². The largest absolute Gasteiger partial charge is 0.301 e. The minimum atomic E-state index is 1.19. The Balaban J connectivity index is 1.98. The molecule has 23 heavy (non-hydrogen) atoms. The Morgan fingerprint density at radius 3 is 2.22 bits per heavy atom. The molecule has 0 unspecified atom stereocenters. The summed E-state index contributed by atoms with van der Waals surface area (Å²) in [6.45, 7) is 2.15. The van der Waals surface area contributed by atoms with Crippen LogP contribution < -0.4 is 4.90 Å². The fraction of sp³-hybridized carbons (Fsp3) is 0.0476. The van der Waals surface area contributed by atoms with Crippen LogP contribution in [0.5, 0.6) is 0 Å². The second-order valence-corrected chi connectivity index (χ2v) is 6.82. The lowest BCUT2D eigenvalue weighted by Crippen LogP contribution is -2.08. The topological polar surface area (TPSA) is 3.24 Å². The third kappa shape index (κ3) is 2.62. The summed E-state index contributed by atoms with van der Waals surface area (Å²) in [6, 6.07) is 30.0. The SMILES string of the molecule is Cc1ccc(N(c2ccccc2)c2cccc3ccccc23)s1. The van der Waals surface area contributed by atoms with Crippen molar-refractivity contribution in [1.29, 1.82) is 0 Å². The van der Waals surface area contributed by atoms with Gasteiger partial charge in [-0.05, 0) is 42.6 Å². The van der Waals surface area contributed by atoms with Gasteiger partial charge in [-0.25, -0.2) is 0 Å². The van der Waals surface area contributed by atoms with Crippen LogP contribution in [0.15, 0.2) is 84.9 Å². The van der Waals surface area contributed by atoms with Crippen LogP contribution in [0.1, 0.15) is 4.88 Å². The second kappa shape index (κ2) is 5.90. The van der Waals surface area contributed by atoms with E-state index in [4.69, 9.17) is 0 Å². The molecule has 4 rings (SSSR count). The Bertz CT molecular complexity index is 935. The van der Waals surface area contributed by atoms with Crippen LogP contribution in [0.3, 0.4) is 0 Å². The lowest BCUT2D eigenvalue weighted by molar-refractivity contribution is 1.33. The van der Waals surface area contributed by atoms with Gasteiger partial charge in [0.15, 0.2) is 0 Å². The average Bonchev–Trinajstić information content (AvgIpc) is 3.02. The maximum atomic E-state index is 2.35. The molecule has 0 spiro atoms. The van der Waals surface area contributed by atoms with Crippen molar-refractivity contribution in [3.8, 4) is 0 Å². The van der Waals surface area contributed by atoms with Gasteiger partial charge in [0.1, 0.15) is 5.00 Å².